The third-order valence-electron chi connectivity index (χ3n) is 4.87. The van der Waals surface area contributed by atoms with E-state index >= 15 is 0 Å². The number of halogens is 2. The van der Waals surface area contributed by atoms with Gasteiger partial charge in [0.1, 0.15) is 0 Å². The molecule has 1 saturated heterocycles. The van der Waals surface area contributed by atoms with Crippen molar-refractivity contribution in [3.63, 3.8) is 0 Å². The second-order valence-corrected chi connectivity index (χ2v) is 7.03. The SMILES string of the molecule is NC(c1cc(Cl)ccc1Cl)C1CCOC2(CCCC2)C1. The zero-order chi connectivity index (χ0) is 14.2. The molecule has 1 spiro atoms. The fourth-order valence-corrected chi connectivity index (χ4v) is 4.19. The fourth-order valence-electron chi connectivity index (χ4n) is 3.76. The molecule has 2 nitrogen and oxygen atoms in total. The Morgan fingerprint density at radius 1 is 1.25 bits per heavy atom. The van der Waals surface area contributed by atoms with Crippen LogP contribution in [-0.4, -0.2) is 12.2 Å². The predicted octanol–water partition coefficient (Wildman–Crippen LogP) is 4.73. The van der Waals surface area contributed by atoms with Gasteiger partial charge in [-0.25, -0.2) is 0 Å². The summed E-state index contributed by atoms with van der Waals surface area (Å²) in [6, 6.07) is 5.50. The van der Waals surface area contributed by atoms with Crippen molar-refractivity contribution < 1.29 is 4.74 Å². The first kappa shape index (κ1) is 14.6. The molecular weight excluding hydrogens is 293 g/mol. The fraction of sp³-hybridized carbons (Fsp3) is 0.625. The van der Waals surface area contributed by atoms with Gasteiger partial charge in [0.25, 0.3) is 0 Å². The monoisotopic (exact) mass is 313 g/mol. The summed E-state index contributed by atoms with van der Waals surface area (Å²) in [6.07, 6.45) is 6.97. The van der Waals surface area contributed by atoms with Crippen LogP contribution in [0, 0.1) is 5.92 Å². The smallest absolute Gasteiger partial charge is 0.0685 e. The van der Waals surface area contributed by atoms with E-state index < -0.39 is 0 Å². The van der Waals surface area contributed by atoms with Crippen molar-refractivity contribution in [2.75, 3.05) is 6.61 Å². The van der Waals surface area contributed by atoms with Crippen LogP contribution in [0.4, 0.5) is 0 Å². The largest absolute Gasteiger partial charge is 0.375 e. The van der Waals surface area contributed by atoms with E-state index in [-0.39, 0.29) is 11.6 Å². The van der Waals surface area contributed by atoms with E-state index in [2.05, 4.69) is 0 Å². The Morgan fingerprint density at radius 3 is 2.75 bits per heavy atom. The predicted molar refractivity (Wildman–Crippen MR) is 83.3 cm³/mol. The van der Waals surface area contributed by atoms with Crippen LogP contribution in [-0.2, 0) is 4.74 Å². The molecule has 0 amide bonds. The number of nitrogens with two attached hydrogens (primary N) is 1. The van der Waals surface area contributed by atoms with Crippen LogP contribution in [0.5, 0.6) is 0 Å². The molecule has 1 saturated carbocycles. The highest BCUT2D eigenvalue weighted by Gasteiger charge is 2.41. The second kappa shape index (κ2) is 5.84. The summed E-state index contributed by atoms with van der Waals surface area (Å²) in [6.45, 7) is 0.816. The van der Waals surface area contributed by atoms with Crippen molar-refractivity contribution in [1.29, 1.82) is 0 Å². The van der Waals surface area contributed by atoms with Gasteiger partial charge in [-0.05, 0) is 55.4 Å². The van der Waals surface area contributed by atoms with E-state index in [9.17, 15) is 0 Å². The first-order valence-corrected chi connectivity index (χ1v) is 8.20. The Bertz CT molecular complexity index is 485. The normalized spacial score (nSPS) is 26.9. The van der Waals surface area contributed by atoms with E-state index in [1.807, 2.05) is 18.2 Å². The van der Waals surface area contributed by atoms with E-state index in [0.717, 1.165) is 25.0 Å². The molecule has 1 aromatic carbocycles. The van der Waals surface area contributed by atoms with Crippen molar-refractivity contribution in [1.82, 2.24) is 0 Å². The molecular formula is C16H21Cl2NO. The first-order chi connectivity index (χ1) is 9.60. The van der Waals surface area contributed by atoms with Gasteiger partial charge in [0, 0.05) is 22.7 Å². The molecule has 1 aliphatic carbocycles. The van der Waals surface area contributed by atoms with Gasteiger partial charge in [0.15, 0.2) is 0 Å². The van der Waals surface area contributed by atoms with Gasteiger partial charge in [-0.2, -0.15) is 0 Å². The van der Waals surface area contributed by atoms with Crippen molar-refractivity contribution in [2.24, 2.45) is 11.7 Å². The van der Waals surface area contributed by atoms with Crippen LogP contribution in [0.2, 0.25) is 10.0 Å². The lowest BCUT2D eigenvalue weighted by molar-refractivity contribution is -0.0963. The average Bonchev–Trinajstić information content (AvgIpc) is 2.88. The minimum atomic E-state index is -0.0532. The summed E-state index contributed by atoms with van der Waals surface area (Å²) in [5.74, 6) is 0.429. The number of ether oxygens (including phenoxy) is 1. The van der Waals surface area contributed by atoms with Gasteiger partial charge >= 0.3 is 0 Å². The molecule has 110 valence electrons. The Hall–Kier alpha value is -0.280. The summed E-state index contributed by atoms with van der Waals surface area (Å²) >= 11 is 12.4. The van der Waals surface area contributed by atoms with Crippen LogP contribution in [0.1, 0.15) is 50.1 Å². The maximum Gasteiger partial charge on any atom is 0.0685 e. The molecule has 2 N–H and O–H groups in total. The van der Waals surface area contributed by atoms with E-state index in [1.54, 1.807) is 0 Å². The summed E-state index contributed by atoms with van der Waals surface area (Å²) in [5.41, 5.74) is 7.55. The van der Waals surface area contributed by atoms with Crippen LogP contribution in [0.15, 0.2) is 18.2 Å². The van der Waals surface area contributed by atoms with Crippen molar-refractivity contribution in [2.45, 2.75) is 50.2 Å². The maximum atomic E-state index is 6.49. The summed E-state index contributed by atoms with van der Waals surface area (Å²) in [5, 5.41) is 1.41. The molecule has 1 heterocycles. The Balaban J connectivity index is 1.79. The molecule has 2 unspecified atom stereocenters. The molecule has 0 bridgehead atoms. The lowest BCUT2D eigenvalue weighted by Gasteiger charge is -2.40. The molecule has 1 aliphatic heterocycles. The minimum Gasteiger partial charge on any atom is -0.375 e. The second-order valence-electron chi connectivity index (χ2n) is 6.18. The van der Waals surface area contributed by atoms with Gasteiger partial charge in [-0.1, -0.05) is 36.0 Å². The van der Waals surface area contributed by atoms with Crippen LogP contribution in [0.3, 0.4) is 0 Å². The minimum absolute atomic E-state index is 0.0532. The molecule has 0 radical (unpaired) electrons. The van der Waals surface area contributed by atoms with Gasteiger partial charge in [-0.15, -0.1) is 0 Å². The lowest BCUT2D eigenvalue weighted by Crippen LogP contribution is -2.40. The molecule has 2 fully saturated rings. The summed E-state index contributed by atoms with van der Waals surface area (Å²) in [7, 11) is 0. The summed E-state index contributed by atoms with van der Waals surface area (Å²) < 4.78 is 6.08. The van der Waals surface area contributed by atoms with E-state index in [0.29, 0.717) is 16.0 Å². The van der Waals surface area contributed by atoms with Crippen molar-refractivity contribution >= 4 is 23.2 Å². The molecule has 2 aliphatic rings. The highest BCUT2D eigenvalue weighted by molar-refractivity contribution is 6.33. The van der Waals surface area contributed by atoms with E-state index in [4.69, 9.17) is 33.7 Å². The number of hydrogen-bond donors (Lipinski definition) is 1. The lowest BCUT2D eigenvalue weighted by atomic mass is 9.79. The van der Waals surface area contributed by atoms with Gasteiger partial charge < -0.3 is 10.5 Å². The number of hydrogen-bond acceptors (Lipinski definition) is 2. The molecule has 2 atom stereocenters. The third-order valence-corrected chi connectivity index (χ3v) is 5.45. The van der Waals surface area contributed by atoms with Crippen LogP contribution >= 0.6 is 23.2 Å². The quantitative estimate of drug-likeness (QED) is 0.856. The average molecular weight is 314 g/mol. The van der Waals surface area contributed by atoms with Gasteiger partial charge in [0.05, 0.1) is 5.60 Å². The topological polar surface area (TPSA) is 35.2 Å². The first-order valence-electron chi connectivity index (χ1n) is 7.44. The number of rotatable bonds is 2. The van der Waals surface area contributed by atoms with Crippen LogP contribution < -0.4 is 5.73 Å². The Kier molecular flexibility index (Phi) is 4.28. The molecule has 1 aromatic rings. The maximum absolute atomic E-state index is 6.49. The van der Waals surface area contributed by atoms with Gasteiger partial charge in [0.2, 0.25) is 0 Å². The molecule has 3 rings (SSSR count). The standard InChI is InChI=1S/C16H21Cl2NO/c17-12-3-4-14(18)13(9-12)15(19)11-5-8-20-16(10-11)6-1-2-7-16/h3-4,9,11,15H,1-2,5-8,10,19H2. The van der Waals surface area contributed by atoms with E-state index in [1.165, 1.54) is 25.7 Å². The Morgan fingerprint density at radius 2 is 2.00 bits per heavy atom. The zero-order valence-corrected chi connectivity index (χ0v) is 13.1. The number of benzene rings is 1. The molecule has 0 aromatic heterocycles. The Labute approximate surface area is 130 Å². The van der Waals surface area contributed by atoms with Gasteiger partial charge in [-0.3, -0.25) is 0 Å². The third kappa shape index (κ3) is 2.85. The highest BCUT2D eigenvalue weighted by atomic mass is 35.5. The van der Waals surface area contributed by atoms with Crippen molar-refractivity contribution in [3.8, 4) is 0 Å². The van der Waals surface area contributed by atoms with Crippen molar-refractivity contribution in [3.05, 3.63) is 33.8 Å². The highest BCUT2D eigenvalue weighted by Crippen LogP contribution is 2.45. The summed E-state index contributed by atoms with van der Waals surface area (Å²) in [4.78, 5) is 0. The zero-order valence-electron chi connectivity index (χ0n) is 11.6. The van der Waals surface area contributed by atoms with Crippen LogP contribution in [0.25, 0.3) is 0 Å². The molecule has 4 heteroatoms. The molecule has 20 heavy (non-hydrogen) atoms.